The molecule has 9 nitrogen and oxygen atoms in total. The Kier molecular flexibility index (Phi) is 5.42. The molecule has 0 aliphatic rings. The van der Waals surface area contributed by atoms with E-state index >= 15 is 0 Å². The van der Waals surface area contributed by atoms with Crippen LogP contribution in [0.3, 0.4) is 0 Å². The predicted octanol–water partition coefficient (Wildman–Crippen LogP) is 2.16. The largest absolute Gasteiger partial charge is 0.484 e. The number of esters is 1. The van der Waals surface area contributed by atoms with Crippen LogP contribution in [0.25, 0.3) is 0 Å². The first-order valence-corrected chi connectivity index (χ1v) is 7.45. The smallest absolute Gasteiger partial charge is 0.350 e. The third kappa shape index (κ3) is 4.26. The molecule has 1 heterocycles. The zero-order valence-electron chi connectivity index (χ0n) is 12.8. The number of non-ortho nitro benzene ring substituents is 1. The number of anilines is 1. The van der Waals surface area contributed by atoms with E-state index in [9.17, 15) is 19.7 Å². The number of nitrogens with one attached hydrogen (secondary N) is 1. The second-order valence-electron chi connectivity index (χ2n) is 4.51. The van der Waals surface area contributed by atoms with Crippen molar-refractivity contribution in [1.29, 1.82) is 0 Å². The van der Waals surface area contributed by atoms with Gasteiger partial charge >= 0.3 is 5.97 Å². The molecule has 0 atom stereocenters. The van der Waals surface area contributed by atoms with Crippen LogP contribution in [-0.2, 0) is 9.53 Å². The summed E-state index contributed by atoms with van der Waals surface area (Å²) in [5.41, 5.74) is 0.388. The number of nitro groups is 1. The summed E-state index contributed by atoms with van der Waals surface area (Å²) in [7, 11) is 1.26. The van der Waals surface area contributed by atoms with Crippen molar-refractivity contribution in [2.45, 2.75) is 6.92 Å². The average Bonchev–Trinajstić information content (AvgIpc) is 2.92. The summed E-state index contributed by atoms with van der Waals surface area (Å²) >= 11 is 0.999. The number of carbonyl (C=O) groups is 2. The standard InChI is InChI=1S/C14H13N3O6S/c1-8-12(13(19)22-2)24-14(15-8)16-11(18)7-23-10-5-3-9(4-6-10)17(20)21/h3-6H,7H2,1-2H3,(H,15,16,18). The molecule has 10 heteroatoms. The van der Waals surface area contributed by atoms with E-state index < -0.39 is 16.8 Å². The molecule has 0 aliphatic carbocycles. The molecule has 0 aliphatic heterocycles. The number of methoxy groups -OCH3 is 1. The van der Waals surface area contributed by atoms with Crippen molar-refractivity contribution in [3.05, 3.63) is 45.0 Å². The van der Waals surface area contributed by atoms with Crippen LogP contribution < -0.4 is 10.1 Å². The molecule has 0 bridgehead atoms. The number of rotatable bonds is 6. The SMILES string of the molecule is COC(=O)c1sc(NC(=O)COc2ccc([N+](=O)[O-])cc2)nc1C. The summed E-state index contributed by atoms with van der Waals surface area (Å²) in [5, 5.41) is 13.3. The number of nitro benzene ring substituents is 1. The minimum absolute atomic E-state index is 0.0691. The zero-order chi connectivity index (χ0) is 17.7. The third-order valence-corrected chi connectivity index (χ3v) is 3.88. The lowest BCUT2D eigenvalue weighted by Gasteiger charge is -2.05. The molecule has 0 saturated heterocycles. The molecule has 1 aromatic heterocycles. The number of ether oxygens (including phenoxy) is 2. The van der Waals surface area contributed by atoms with Crippen molar-refractivity contribution < 1.29 is 24.0 Å². The van der Waals surface area contributed by atoms with Crippen LogP contribution >= 0.6 is 11.3 Å². The molecule has 1 amide bonds. The van der Waals surface area contributed by atoms with Crippen molar-refractivity contribution in [3.63, 3.8) is 0 Å². The van der Waals surface area contributed by atoms with Gasteiger partial charge < -0.3 is 9.47 Å². The van der Waals surface area contributed by atoms with Crippen LogP contribution in [-0.4, -0.2) is 35.5 Å². The van der Waals surface area contributed by atoms with Crippen molar-refractivity contribution >= 4 is 34.0 Å². The first kappa shape index (κ1) is 17.3. The van der Waals surface area contributed by atoms with Crippen LogP contribution in [0.2, 0.25) is 0 Å². The fraction of sp³-hybridized carbons (Fsp3) is 0.214. The number of benzene rings is 1. The Morgan fingerprint density at radius 3 is 2.58 bits per heavy atom. The molecule has 0 fully saturated rings. The maximum Gasteiger partial charge on any atom is 0.350 e. The van der Waals surface area contributed by atoms with Gasteiger partial charge in [-0.15, -0.1) is 0 Å². The van der Waals surface area contributed by atoms with Crippen LogP contribution in [0.15, 0.2) is 24.3 Å². The molecular formula is C14H13N3O6S. The number of thiazole rings is 1. The first-order valence-electron chi connectivity index (χ1n) is 6.63. The number of aromatic nitrogens is 1. The van der Waals surface area contributed by atoms with Crippen LogP contribution in [0.5, 0.6) is 5.75 Å². The summed E-state index contributed by atoms with van der Waals surface area (Å²) in [6.45, 7) is 1.33. The number of aryl methyl sites for hydroxylation is 1. The van der Waals surface area contributed by atoms with Gasteiger partial charge in [-0.3, -0.25) is 20.2 Å². The van der Waals surface area contributed by atoms with Crippen LogP contribution in [0, 0.1) is 17.0 Å². The fourth-order valence-electron chi connectivity index (χ4n) is 1.70. The molecule has 0 radical (unpaired) electrons. The highest BCUT2D eigenvalue weighted by atomic mass is 32.1. The Balaban J connectivity index is 1.91. The maximum absolute atomic E-state index is 11.8. The van der Waals surface area contributed by atoms with Crippen molar-refractivity contribution in [1.82, 2.24) is 4.98 Å². The Morgan fingerprint density at radius 1 is 1.33 bits per heavy atom. The molecule has 1 aromatic carbocycles. The second-order valence-corrected chi connectivity index (χ2v) is 5.51. The van der Waals surface area contributed by atoms with Crippen LogP contribution in [0.4, 0.5) is 10.8 Å². The molecule has 126 valence electrons. The third-order valence-electron chi connectivity index (χ3n) is 2.83. The fourth-order valence-corrected chi connectivity index (χ4v) is 2.60. The number of amides is 1. The van der Waals surface area contributed by atoms with E-state index in [-0.39, 0.29) is 17.4 Å². The maximum atomic E-state index is 11.8. The van der Waals surface area contributed by atoms with Gasteiger partial charge in [0.2, 0.25) is 0 Å². The van der Waals surface area contributed by atoms with Crippen LogP contribution in [0.1, 0.15) is 15.4 Å². The first-order chi connectivity index (χ1) is 11.4. The summed E-state index contributed by atoms with van der Waals surface area (Å²) in [5.74, 6) is -0.674. The highest BCUT2D eigenvalue weighted by molar-refractivity contribution is 7.17. The lowest BCUT2D eigenvalue weighted by atomic mass is 10.3. The Hall–Kier alpha value is -3.01. The van der Waals surface area contributed by atoms with E-state index in [1.165, 1.54) is 31.4 Å². The average molecular weight is 351 g/mol. The highest BCUT2D eigenvalue weighted by Gasteiger charge is 2.17. The Morgan fingerprint density at radius 2 is 2.00 bits per heavy atom. The lowest BCUT2D eigenvalue weighted by molar-refractivity contribution is -0.384. The van der Waals surface area contributed by atoms with Crippen molar-refractivity contribution in [2.24, 2.45) is 0 Å². The Bertz CT molecular complexity index is 771. The van der Waals surface area contributed by atoms with Gasteiger partial charge in [-0.1, -0.05) is 11.3 Å². The lowest BCUT2D eigenvalue weighted by Crippen LogP contribution is -2.20. The number of hydrogen-bond donors (Lipinski definition) is 1. The molecular weight excluding hydrogens is 338 g/mol. The molecule has 0 unspecified atom stereocenters. The number of hydrogen-bond acceptors (Lipinski definition) is 8. The van der Waals surface area contributed by atoms with E-state index in [1.54, 1.807) is 6.92 Å². The van der Waals surface area contributed by atoms with E-state index in [0.29, 0.717) is 16.3 Å². The summed E-state index contributed by atoms with van der Waals surface area (Å²) in [6.07, 6.45) is 0. The predicted molar refractivity (Wildman–Crippen MR) is 85.4 cm³/mol. The Labute approximate surface area is 140 Å². The zero-order valence-corrected chi connectivity index (χ0v) is 13.6. The van der Waals surface area contributed by atoms with Gasteiger partial charge in [-0.2, -0.15) is 0 Å². The summed E-state index contributed by atoms with van der Waals surface area (Å²) in [4.78, 5) is 37.7. The molecule has 1 N–H and O–H groups in total. The quantitative estimate of drug-likeness (QED) is 0.481. The monoisotopic (exact) mass is 351 g/mol. The normalized spacial score (nSPS) is 10.1. The minimum Gasteiger partial charge on any atom is -0.484 e. The van der Waals surface area contributed by atoms with Gasteiger partial charge in [-0.25, -0.2) is 9.78 Å². The number of carbonyl (C=O) groups excluding carboxylic acids is 2. The number of nitrogens with zero attached hydrogens (tertiary/aromatic N) is 2. The van der Waals surface area contributed by atoms with Crippen molar-refractivity contribution in [2.75, 3.05) is 19.0 Å². The van der Waals surface area contributed by atoms with E-state index in [4.69, 9.17) is 4.74 Å². The van der Waals surface area contributed by atoms with Gasteiger partial charge in [0.15, 0.2) is 11.7 Å². The summed E-state index contributed by atoms with van der Waals surface area (Å²) < 4.78 is 9.84. The van der Waals surface area contributed by atoms with E-state index in [2.05, 4.69) is 15.0 Å². The van der Waals surface area contributed by atoms with Gasteiger partial charge in [0.1, 0.15) is 10.6 Å². The van der Waals surface area contributed by atoms with Gasteiger partial charge in [0.05, 0.1) is 17.7 Å². The summed E-state index contributed by atoms with van der Waals surface area (Å²) in [6, 6.07) is 5.35. The van der Waals surface area contributed by atoms with Gasteiger partial charge in [-0.05, 0) is 19.1 Å². The molecule has 2 rings (SSSR count). The highest BCUT2D eigenvalue weighted by Crippen LogP contribution is 2.23. The van der Waals surface area contributed by atoms with E-state index in [1.807, 2.05) is 0 Å². The molecule has 24 heavy (non-hydrogen) atoms. The van der Waals surface area contributed by atoms with Gasteiger partial charge in [0, 0.05) is 12.1 Å². The second kappa shape index (κ2) is 7.51. The van der Waals surface area contributed by atoms with Gasteiger partial charge in [0.25, 0.3) is 11.6 Å². The molecule has 2 aromatic rings. The van der Waals surface area contributed by atoms with E-state index in [0.717, 1.165) is 11.3 Å². The topological polar surface area (TPSA) is 121 Å². The molecule has 0 saturated carbocycles. The molecule has 0 spiro atoms. The minimum atomic E-state index is -0.528. The van der Waals surface area contributed by atoms with Crippen molar-refractivity contribution in [3.8, 4) is 5.75 Å².